The molecule has 5 rings (SSSR count). The number of ether oxygens (including phenoxy) is 1. The fourth-order valence-corrected chi connectivity index (χ4v) is 7.08. The summed E-state index contributed by atoms with van der Waals surface area (Å²) in [7, 11) is 1.26. The third-order valence-electron chi connectivity index (χ3n) is 9.57. The number of benzene rings is 1. The molecule has 1 aromatic heterocycles. The van der Waals surface area contributed by atoms with Crippen LogP contribution < -0.4 is 16.0 Å². The number of hydrogen-bond acceptors (Lipinski definition) is 6. The Morgan fingerprint density at radius 2 is 1.74 bits per heavy atom. The van der Waals surface area contributed by atoms with Crippen molar-refractivity contribution in [2.75, 3.05) is 20.2 Å². The molecule has 232 valence electrons. The van der Waals surface area contributed by atoms with E-state index in [-0.39, 0.29) is 24.2 Å². The van der Waals surface area contributed by atoms with Crippen molar-refractivity contribution in [2.45, 2.75) is 88.8 Å². The molecule has 1 aliphatic carbocycles. The predicted molar refractivity (Wildman–Crippen MR) is 160 cm³/mol. The number of hydrogen-bond donors (Lipinski definition) is 4. The van der Waals surface area contributed by atoms with Gasteiger partial charge in [0.15, 0.2) is 0 Å². The minimum absolute atomic E-state index is 0.0172. The molecule has 2 aromatic rings. The van der Waals surface area contributed by atoms with E-state index in [2.05, 4.69) is 20.9 Å². The second-order valence-electron chi connectivity index (χ2n) is 12.5. The van der Waals surface area contributed by atoms with Gasteiger partial charge in [-0.3, -0.25) is 19.2 Å². The molecule has 3 atom stereocenters. The number of H-pyrrole nitrogens is 1. The normalized spacial score (nSPS) is 21.7. The first-order valence-electron chi connectivity index (χ1n) is 15.5. The molecule has 43 heavy (non-hydrogen) atoms. The van der Waals surface area contributed by atoms with Crippen molar-refractivity contribution in [2.24, 2.45) is 11.8 Å². The van der Waals surface area contributed by atoms with Gasteiger partial charge >= 0.3 is 5.97 Å². The lowest BCUT2D eigenvalue weighted by Gasteiger charge is -2.39. The Morgan fingerprint density at radius 3 is 2.42 bits per heavy atom. The lowest BCUT2D eigenvalue weighted by atomic mass is 9.82. The maximum atomic E-state index is 13.8. The second kappa shape index (κ2) is 13.2. The molecular formula is C32H43N5O6. The number of fused-ring (bicyclic) bond motifs is 1. The number of amides is 4. The third kappa shape index (κ3) is 7.19. The smallest absolute Gasteiger partial charge is 0.328 e. The van der Waals surface area contributed by atoms with Gasteiger partial charge in [0, 0.05) is 42.4 Å². The number of para-hydroxylation sites is 1. The first-order valence-corrected chi connectivity index (χ1v) is 15.5. The standard InChI is InChI=1S/C32H43N5O6/c1-20(38)37-14-12-32(13-15-37)19-23(28(39)36-32)18-27(31(42)43-2)35-29(40)25(16-21-8-4-3-5-9-21)34-30(41)26-17-22-10-6-7-11-24(22)33-26/h6-7,10-11,17,21,23,25,27,33H,3-5,8-9,12-16,18-19H2,1-2H3,(H,34,41)(H,35,40)(H,36,39)/t23?,25-,27?/m0/s1. The molecule has 2 unspecified atom stereocenters. The molecule has 2 saturated heterocycles. The van der Waals surface area contributed by atoms with Crippen molar-refractivity contribution < 1.29 is 28.7 Å². The number of piperidine rings is 1. The van der Waals surface area contributed by atoms with Gasteiger partial charge in [-0.25, -0.2) is 4.79 Å². The summed E-state index contributed by atoms with van der Waals surface area (Å²) >= 11 is 0. The van der Waals surface area contributed by atoms with Gasteiger partial charge in [0.05, 0.1) is 7.11 Å². The van der Waals surface area contributed by atoms with Crippen molar-refractivity contribution in [3.8, 4) is 0 Å². The third-order valence-corrected chi connectivity index (χ3v) is 9.57. The van der Waals surface area contributed by atoms with Crippen LogP contribution in [0.5, 0.6) is 0 Å². The van der Waals surface area contributed by atoms with Crippen LogP contribution in [0.3, 0.4) is 0 Å². The number of likely N-dealkylation sites (tertiary alicyclic amines) is 1. The molecule has 0 radical (unpaired) electrons. The molecule has 1 aromatic carbocycles. The van der Waals surface area contributed by atoms with E-state index in [9.17, 15) is 24.0 Å². The zero-order valence-corrected chi connectivity index (χ0v) is 25.1. The maximum absolute atomic E-state index is 13.8. The van der Waals surface area contributed by atoms with Crippen LogP contribution in [-0.2, 0) is 23.9 Å². The highest BCUT2D eigenvalue weighted by Crippen LogP contribution is 2.36. The molecule has 1 spiro atoms. The van der Waals surface area contributed by atoms with E-state index < -0.39 is 41.3 Å². The number of aromatic nitrogens is 1. The van der Waals surface area contributed by atoms with E-state index >= 15 is 0 Å². The summed E-state index contributed by atoms with van der Waals surface area (Å²) < 4.78 is 5.03. The average Bonchev–Trinajstić information content (AvgIpc) is 3.57. The van der Waals surface area contributed by atoms with Crippen molar-refractivity contribution in [3.63, 3.8) is 0 Å². The molecular weight excluding hydrogens is 550 g/mol. The molecule has 2 aliphatic heterocycles. The zero-order chi connectivity index (χ0) is 30.6. The van der Waals surface area contributed by atoms with Crippen molar-refractivity contribution in [3.05, 3.63) is 36.0 Å². The first-order chi connectivity index (χ1) is 20.7. The molecule has 11 nitrogen and oxygen atoms in total. The lowest BCUT2D eigenvalue weighted by Crippen LogP contribution is -2.53. The van der Waals surface area contributed by atoms with Crippen molar-refractivity contribution in [1.82, 2.24) is 25.8 Å². The highest BCUT2D eigenvalue weighted by molar-refractivity contribution is 6.00. The lowest BCUT2D eigenvalue weighted by molar-refractivity contribution is -0.146. The summed E-state index contributed by atoms with van der Waals surface area (Å²) in [4.78, 5) is 69.7. The molecule has 11 heteroatoms. The number of rotatable bonds is 9. The Balaban J connectivity index is 1.28. The maximum Gasteiger partial charge on any atom is 0.328 e. The quantitative estimate of drug-likeness (QED) is 0.329. The van der Waals surface area contributed by atoms with Crippen LogP contribution in [0.1, 0.15) is 81.6 Å². The predicted octanol–water partition coefficient (Wildman–Crippen LogP) is 2.80. The molecule has 3 aliphatic rings. The number of carbonyl (C=O) groups is 5. The molecule has 4 amide bonds. The van der Waals surface area contributed by atoms with E-state index in [1.807, 2.05) is 24.3 Å². The number of methoxy groups -OCH3 is 1. The summed E-state index contributed by atoms with van der Waals surface area (Å²) in [5, 5.41) is 9.77. The van der Waals surface area contributed by atoms with Crippen LogP contribution >= 0.6 is 0 Å². The minimum Gasteiger partial charge on any atom is -0.467 e. The van der Waals surface area contributed by atoms with E-state index in [4.69, 9.17) is 4.74 Å². The van der Waals surface area contributed by atoms with Gasteiger partial charge in [-0.05, 0) is 50.2 Å². The average molecular weight is 594 g/mol. The zero-order valence-electron chi connectivity index (χ0n) is 25.1. The van der Waals surface area contributed by atoms with Crippen LogP contribution in [0.2, 0.25) is 0 Å². The van der Waals surface area contributed by atoms with Gasteiger partial charge in [0.2, 0.25) is 17.7 Å². The fraction of sp³-hybridized carbons (Fsp3) is 0.594. The Bertz CT molecular complexity index is 1320. The van der Waals surface area contributed by atoms with E-state index in [1.165, 1.54) is 7.11 Å². The van der Waals surface area contributed by atoms with Crippen molar-refractivity contribution in [1.29, 1.82) is 0 Å². The highest BCUT2D eigenvalue weighted by Gasteiger charge is 2.47. The van der Waals surface area contributed by atoms with Crippen LogP contribution in [0.4, 0.5) is 0 Å². The number of nitrogens with zero attached hydrogens (tertiary/aromatic N) is 1. The Morgan fingerprint density at radius 1 is 1.02 bits per heavy atom. The molecule has 1 saturated carbocycles. The molecule has 4 N–H and O–H groups in total. The summed E-state index contributed by atoms with van der Waals surface area (Å²) in [5.74, 6) is -1.85. The van der Waals surface area contributed by atoms with Gasteiger partial charge in [-0.15, -0.1) is 0 Å². The number of nitrogens with one attached hydrogen (secondary N) is 4. The summed E-state index contributed by atoms with van der Waals surface area (Å²) in [5.41, 5.74) is 0.761. The van der Waals surface area contributed by atoms with Crippen LogP contribution in [0.15, 0.2) is 30.3 Å². The number of esters is 1. The van der Waals surface area contributed by atoms with E-state index in [0.29, 0.717) is 44.5 Å². The van der Waals surface area contributed by atoms with Crippen LogP contribution in [0, 0.1) is 11.8 Å². The number of aromatic amines is 1. The largest absolute Gasteiger partial charge is 0.467 e. The number of carbonyl (C=O) groups excluding carboxylic acids is 5. The monoisotopic (exact) mass is 593 g/mol. The van der Waals surface area contributed by atoms with Crippen LogP contribution in [0.25, 0.3) is 10.9 Å². The van der Waals surface area contributed by atoms with Gasteiger partial charge in [-0.1, -0.05) is 50.3 Å². The molecule has 3 fully saturated rings. The summed E-state index contributed by atoms with van der Waals surface area (Å²) in [6.07, 6.45) is 7.67. The van der Waals surface area contributed by atoms with E-state index in [1.54, 1.807) is 17.9 Å². The minimum atomic E-state index is -1.04. The summed E-state index contributed by atoms with van der Waals surface area (Å²) in [6.45, 7) is 2.68. The SMILES string of the molecule is COC(=O)C(CC1CC2(CCN(C(C)=O)CC2)NC1=O)NC(=O)[C@H](CC1CCCCC1)NC(=O)c1cc2ccccc2[nH]1. The fourth-order valence-electron chi connectivity index (χ4n) is 7.08. The van der Waals surface area contributed by atoms with Crippen molar-refractivity contribution >= 4 is 40.5 Å². The Kier molecular flexibility index (Phi) is 9.37. The van der Waals surface area contributed by atoms with Gasteiger partial charge in [0.25, 0.3) is 5.91 Å². The van der Waals surface area contributed by atoms with Gasteiger partial charge in [-0.2, -0.15) is 0 Å². The van der Waals surface area contributed by atoms with Gasteiger partial charge in [0.1, 0.15) is 17.8 Å². The molecule has 0 bridgehead atoms. The highest BCUT2D eigenvalue weighted by atomic mass is 16.5. The van der Waals surface area contributed by atoms with Gasteiger partial charge < -0.3 is 30.6 Å². The summed E-state index contributed by atoms with van der Waals surface area (Å²) in [6, 6.07) is 7.43. The van der Waals surface area contributed by atoms with E-state index in [0.717, 1.165) is 43.0 Å². The second-order valence-corrected chi connectivity index (χ2v) is 12.5. The van der Waals surface area contributed by atoms with Crippen LogP contribution in [-0.4, -0.2) is 77.3 Å². The topological polar surface area (TPSA) is 150 Å². The first kappa shape index (κ1) is 30.6. The Hall–Kier alpha value is -3.89. The Labute approximate surface area is 251 Å². The molecule has 3 heterocycles.